The molecule has 1 aliphatic rings. The molecule has 3 heterocycles. The minimum atomic E-state index is -0.568. The molecule has 7 nitrogen and oxygen atoms in total. The summed E-state index contributed by atoms with van der Waals surface area (Å²) in [7, 11) is 3.91. The molecular weight excluding hydrogens is 486 g/mol. The van der Waals surface area contributed by atoms with Crippen LogP contribution in [0, 0.1) is 20.8 Å². The van der Waals surface area contributed by atoms with Gasteiger partial charge in [-0.3, -0.25) is 4.79 Å². The number of piperazine rings is 1. The van der Waals surface area contributed by atoms with Crippen molar-refractivity contribution in [3.63, 3.8) is 0 Å². The number of aromatic amines is 1. The highest BCUT2D eigenvalue weighted by molar-refractivity contribution is 5.99. The molecule has 0 aliphatic carbocycles. The SMILES string of the molecule is Cc1cc(-c2c[nH]c3ncc(-c4cc(C)c(N5CCN(C)CC5)c(C)c4)cc23)ccc1C(=O)N(C)C[C@@H](C)O. The van der Waals surface area contributed by atoms with Gasteiger partial charge in [-0.25, -0.2) is 4.98 Å². The number of hydrogen-bond acceptors (Lipinski definition) is 5. The quantitative estimate of drug-likeness (QED) is 0.370. The number of likely N-dealkylation sites (N-methyl/N-ethyl adjacent to an activating group) is 2. The number of aryl methyl sites for hydroxylation is 3. The molecule has 1 fully saturated rings. The summed E-state index contributed by atoms with van der Waals surface area (Å²) in [4.78, 5) is 27.4. The fourth-order valence-electron chi connectivity index (χ4n) is 5.81. The Morgan fingerprint density at radius 2 is 1.67 bits per heavy atom. The Kier molecular flexibility index (Phi) is 7.47. The summed E-state index contributed by atoms with van der Waals surface area (Å²) < 4.78 is 0. The van der Waals surface area contributed by atoms with Crippen LogP contribution >= 0.6 is 0 Å². The maximum atomic E-state index is 12.9. The van der Waals surface area contributed by atoms with Gasteiger partial charge in [-0.2, -0.15) is 0 Å². The number of carbonyl (C=O) groups excluding carboxylic acids is 1. The van der Waals surface area contributed by atoms with E-state index in [1.165, 1.54) is 22.4 Å². The maximum absolute atomic E-state index is 12.9. The summed E-state index contributed by atoms with van der Waals surface area (Å²) in [5.41, 5.74) is 10.7. The van der Waals surface area contributed by atoms with E-state index in [1.807, 2.05) is 31.5 Å². The molecule has 4 aromatic rings. The molecule has 1 saturated heterocycles. The van der Waals surface area contributed by atoms with Crippen molar-refractivity contribution >= 4 is 22.6 Å². The van der Waals surface area contributed by atoms with Crippen molar-refractivity contribution in [2.75, 3.05) is 51.7 Å². The van der Waals surface area contributed by atoms with Crippen LogP contribution in [-0.4, -0.2) is 83.7 Å². The van der Waals surface area contributed by atoms with Crippen molar-refractivity contribution in [3.05, 3.63) is 71.0 Å². The third-order valence-electron chi connectivity index (χ3n) is 7.83. The number of H-pyrrole nitrogens is 1. The molecule has 2 aromatic heterocycles. The highest BCUT2D eigenvalue weighted by Crippen LogP contribution is 2.35. The number of hydrogen-bond donors (Lipinski definition) is 2. The van der Waals surface area contributed by atoms with Gasteiger partial charge in [0.05, 0.1) is 6.10 Å². The number of rotatable bonds is 6. The van der Waals surface area contributed by atoms with E-state index in [0.29, 0.717) is 12.1 Å². The van der Waals surface area contributed by atoms with Crippen molar-refractivity contribution < 1.29 is 9.90 Å². The van der Waals surface area contributed by atoms with Gasteiger partial charge in [-0.1, -0.05) is 12.1 Å². The standard InChI is InChI=1S/C32H39N5O2/c1-20-13-24(7-8-27(20)32(39)36(6)19-23(4)38)29-18-34-31-28(29)16-26(17-33-31)25-14-21(2)30(22(3)15-25)37-11-9-35(5)10-12-37/h7-8,13-18,23,38H,9-12,19H2,1-6H3,(H,33,34)/t23-/m1/s1. The van der Waals surface area contributed by atoms with Crippen molar-refractivity contribution in [1.82, 2.24) is 19.8 Å². The van der Waals surface area contributed by atoms with Gasteiger partial charge in [-0.05, 0) is 86.8 Å². The Morgan fingerprint density at radius 3 is 2.31 bits per heavy atom. The zero-order valence-electron chi connectivity index (χ0n) is 23.9. The number of anilines is 1. The van der Waals surface area contributed by atoms with Crippen LogP contribution in [0.2, 0.25) is 0 Å². The first kappa shape index (κ1) is 26.9. The van der Waals surface area contributed by atoms with Crippen LogP contribution in [0.25, 0.3) is 33.3 Å². The number of carbonyl (C=O) groups is 1. The van der Waals surface area contributed by atoms with E-state index in [0.717, 1.165) is 59.5 Å². The average Bonchev–Trinajstić information content (AvgIpc) is 3.32. The van der Waals surface area contributed by atoms with Gasteiger partial charge in [0.25, 0.3) is 5.91 Å². The number of amides is 1. The molecule has 0 bridgehead atoms. The summed E-state index contributed by atoms with van der Waals surface area (Å²) in [5.74, 6) is -0.0893. The van der Waals surface area contributed by atoms with Crippen LogP contribution in [0.1, 0.15) is 34.0 Å². The van der Waals surface area contributed by atoms with Crippen LogP contribution in [0.4, 0.5) is 5.69 Å². The average molecular weight is 526 g/mol. The third-order valence-corrected chi connectivity index (χ3v) is 7.83. The van der Waals surface area contributed by atoms with Crippen LogP contribution in [-0.2, 0) is 0 Å². The molecular formula is C32H39N5O2. The molecule has 1 atom stereocenters. The third kappa shape index (κ3) is 5.42. The number of nitrogens with zero attached hydrogens (tertiary/aromatic N) is 4. The van der Waals surface area contributed by atoms with Gasteiger partial charge in [0.1, 0.15) is 5.65 Å². The fraction of sp³-hybridized carbons (Fsp3) is 0.375. The topological polar surface area (TPSA) is 75.7 Å². The highest BCUT2D eigenvalue weighted by Gasteiger charge is 2.20. The number of pyridine rings is 1. The van der Waals surface area contributed by atoms with Gasteiger partial charge in [0.15, 0.2) is 0 Å². The zero-order valence-corrected chi connectivity index (χ0v) is 23.9. The zero-order chi connectivity index (χ0) is 27.8. The van der Waals surface area contributed by atoms with E-state index in [9.17, 15) is 9.90 Å². The normalized spacial score (nSPS) is 15.1. The fourth-order valence-corrected chi connectivity index (χ4v) is 5.81. The van der Waals surface area contributed by atoms with Crippen LogP contribution < -0.4 is 4.90 Å². The predicted molar refractivity (Wildman–Crippen MR) is 160 cm³/mol. The van der Waals surface area contributed by atoms with E-state index >= 15 is 0 Å². The molecule has 39 heavy (non-hydrogen) atoms. The summed E-state index contributed by atoms with van der Waals surface area (Å²) in [6.45, 7) is 12.6. The lowest BCUT2D eigenvalue weighted by molar-refractivity contribution is 0.0703. The summed E-state index contributed by atoms with van der Waals surface area (Å²) in [5, 5.41) is 10.7. The molecule has 1 aliphatic heterocycles. The largest absolute Gasteiger partial charge is 0.392 e. The first-order valence-electron chi connectivity index (χ1n) is 13.7. The lowest BCUT2D eigenvalue weighted by atomic mass is 9.96. The number of nitrogens with one attached hydrogen (secondary N) is 1. The van der Waals surface area contributed by atoms with Crippen molar-refractivity contribution in [2.45, 2.75) is 33.8 Å². The van der Waals surface area contributed by atoms with Crippen molar-refractivity contribution in [2.24, 2.45) is 0 Å². The second-order valence-corrected chi connectivity index (χ2v) is 11.1. The maximum Gasteiger partial charge on any atom is 0.253 e. The number of aromatic nitrogens is 2. The first-order chi connectivity index (χ1) is 18.6. The predicted octanol–water partition coefficient (Wildman–Crippen LogP) is 5.03. The molecule has 204 valence electrons. The molecule has 2 aromatic carbocycles. The van der Waals surface area contributed by atoms with Crippen molar-refractivity contribution in [1.29, 1.82) is 0 Å². The molecule has 0 saturated carbocycles. The van der Waals surface area contributed by atoms with E-state index in [1.54, 1.807) is 18.9 Å². The Hall–Kier alpha value is -3.68. The van der Waals surface area contributed by atoms with Gasteiger partial charge in [0.2, 0.25) is 0 Å². The lowest BCUT2D eigenvalue weighted by Gasteiger charge is -2.36. The molecule has 7 heteroatoms. The Bertz CT molecular complexity index is 1490. The number of aliphatic hydroxyl groups is 1. The monoisotopic (exact) mass is 525 g/mol. The van der Waals surface area contributed by atoms with Crippen LogP contribution in [0.5, 0.6) is 0 Å². The number of benzene rings is 2. The van der Waals surface area contributed by atoms with Gasteiger partial charge >= 0.3 is 0 Å². The summed E-state index contributed by atoms with van der Waals surface area (Å²) >= 11 is 0. The molecule has 1 amide bonds. The molecule has 5 rings (SSSR count). The first-order valence-corrected chi connectivity index (χ1v) is 13.7. The smallest absolute Gasteiger partial charge is 0.253 e. The van der Waals surface area contributed by atoms with Gasteiger partial charge in [0, 0.05) is 79.9 Å². The molecule has 2 N–H and O–H groups in total. The Morgan fingerprint density at radius 1 is 1.00 bits per heavy atom. The second kappa shape index (κ2) is 10.8. The minimum absolute atomic E-state index is 0.0893. The van der Waals surface area contributed by atoms with E-state index < -0.39 is 6.10 Å². The Labute approximate surface area is 231 Å². The van der Waals surface area contributed by atoms with E-state index in [4.69, 9.17) is 4.98 Å². The minimum Gasteiger partial charge on any atom is -0.392 e. The summed E-state index contributed by atoms with van der Waals surface area (Å²) in [6, 6.07) is 12.7. The summed E-state index contributed by atoms with van der Waals surface area (Å²) in [6.07, 6.45) is 3.36. The van der Waals surface area contributed by atoms with Gasteiger partial charge in [-0.15, -0.1) is 0 Å². The van der Waals surface area contributed by atoms with E-state index in [-0.39, 0.29) is 5.91 Å². The van der Waals surface area contributed by atoms with Crippen LogP contribution in [0.15, 0.2) is 48.8 Å². The number of aliphatic hydroxyl groups excluding tert-OH is 1. The molecule has 0 unspecified atom stereocenters. The van der Waals surface area contributed by atoms with Crippen molar-refractivity contribution in [3.8, 4) is 22.3 Å². The molecule has 0 spiro atoms. The molecule has 0 radical (unpaired) electrons. The number of fused-ring (bicyclic) bond motifs is 1. The Balaban J connectivity index is 1.46. The van der Waals surface area contributed by atoms with Crippen LogP contribution in [0.3, 0.4) is 0 Å². The van der Waals surface area contributed by atoms with E-state index in [2.05, 4.69) is 59.9 Å². The second-order valence-electron chi connectivity index (χ2n) is 11.1. The lowest BCUT2D eigenvalue weighted by Crippen LogP contribution is -2.45. The highest BCUT2D eigenvalue weighted by atomic mass is 16.3. The van der Waals surface area contributed by atoms with Gasteiger partial charge < -0.3 is 24.8 Å².